The molecule has 0 unspecified atom stereocenters. The minimum absolute atomic E-state index is 0.354. The molecule has 100 valence electrons. The molecule has 0 aliphatic heterocycles. The highest BCUT2D eigenvalue weighted by molar-refractivity contribution is 5.85. The Hall–Kier alpha value is -1.41. The van der Waals surface area contributed by atoms with Gasteiger partial charge in [-0.05, 0) is 0 Å². The molecule has 0 aromatic carbocycles. The smallest absolute Gasteiger partial charge is 0.350 e. The van der Waals surface area contributed by atoms with E-state index in [4.69, 9.17) is 0 Å². The Labute approximate surface area is 93.8 Å². The van der Waals surface area contributed by atoms with Gasteiger partial charge in [0.05, 0.1) is 0 Å². The van der Waals surface area contributed by atoms with Gasteiger partial charge in [-0.25, -0.2) is 0 Å². The number of hydrogen-bond acceptors (Lipinski definition) is 2. The molecule has 0 aromatic heterocycles. The standard InChI is InChI=1S/C8H11F5N2O2/c1-15(2)5(16)3-4-14-6(17)7(9,10)8(11,12)13/h3-4H2,1-2H3,(H,14,17). The predicted octanol–water partition coefficient (Wildman–Crippen LogP) is 0.778. The van der Waals surface area contributed by atoms with E-state index in [-0.39, 0.29) is 6.42 Å². The van der Waals surface area contributed by atoms with E-state index in [2.05, 4.69) is 0 Å². The number of hydrogen-bond donors (Lipinski definition) is 1. The fourth-order valence-electron chi connectivity index (χ4n) is 0.746. The Bertz CT molecular complexity index is 301. The summed E-state index contributed by atoms with van der Waals surface area (Å²) in [7, 11) is 2.77. The van der Waals surface area contributed by atoms with Gasteiger partial charge in [-0.2, -0.15) is 22.0 Å². The van der Waals surface area contributed by atoms with Gasteiger partial charge in [0.15, 0.2) is 0 Å². The van der Waals surface area contributed by atoms with Gasteiger partial charge in [-0.15, -0.1) is 0 Å². The predicted molar refractivity (Wildman–Crippen MR) is 47.3 cm³/mol. The summed E-state index contributed by atoms with van der Waals surface area (Å²) in [5.41, 5.74) is 0. The van der Waals surface area contributed by atoms with Crippen LogP contribution in [0.1, 0.15) is 6.42 Å². The molecule has 0 saturated carbocycles. The first-order valence-corrected chi connectivity index (χ1v) is 4.43. The molecular weight excluding hydrogens is 251 g/mol. The van der Waals surface area contributed by atoms with Crippen LogP contribution >= 0.6 is 0 Å². The maximum Gasteiger partial charge on any atom is 0.463 e. The number of halogens is 5. The molecule has 0 aromatic rings. The molecule has 0 heterocycles. The Balaban J connectivity index is 4.25. The molecule has 17 heavy (non-hydrogen) atoms. The Morgan fingerprint density at radius 2 is 1.59 bits per heavy atom. The first kappa shape index (κ1) is 15.6. The van der Waals surface area contributed by atoms with Crippen molar-refractivity contribution in [3.05, 3.63) is 0 Å². The number of alkyl halides is 5. The van der Waals surface area contributed by atoms with Crippen molar-refractivity contribution in [3.63, 3.8) is 0 Å². The fourth-order valence-corrected chi connectivity index (χ4v) is 0.746. The largest absolute Gasteiger partial charge is 0.463 e. The lowest BCUT2D eigenvalue weighted by molar-refractivity contribution is -0.269. The number of nitrogens with zero attached hydrogens (tertiary/aromatic N) is 1. The van der Waals surface area contributed by atoms with Crippen LogP contribution < -0.4 is 5.32 Å². The van der Waals surface area contributed by atoms with Gasteiger partial charge < -0.3 is 10.2 Å². The second-order valence-corrected chi connectivity index (χ2v) is 3.37. The van der Waals surface area contributed by atoms with E-state index in [0.29, 0.717) is 0 Å². The molecule has 0 spiro atoms. The lowest BCUT2D eigenvalue weighted by Crippen LogP contribution is -2.50. The van der Waals surface area contributed by atoms with Crippen molar-refractivity contribution < 1.29 is 31.5 Å². The van der Waals surface area contributed by atoms with Gasteiger partial charge in [-0.3, -0.25) is 9.59 Å². The summed E-state index contributed by atoms with van der Waals surface area (Å²) in [6.07, 6.45) is -6.30. The Kier molecular flexibility index (Phi) is 4.84. The molecule has 1 N–H and O–H groups in total. The normalized spacial score (nSPS) is 12.2. The molecular formula is C8H11F5N2O2. The third-order valence-corrected chi connectivity index (χ3v) is 1.76. The van der Waals surface area contributed by atoms with Crippen molar-refractivity contribution in [1.29, 1.82) is 0 Å². The molecule has 0 bridgehead atoms. The minimum atomic E-state index is -5.94. The number of nitrogens with one attached hydrogen (secondary N) is 1. The molecule has 0 atom stereocenters. The van der Waals surface area contributed by atoms with Crippen LogP contribution in [0.25, 0.3) is 0 Å². The van der Waals surface area contributed by atoms with E-state index >= 15 is 0 Å². The third-order valence-electron chi connectivity index (χ3n) is 1.76. The van der Waals surface area contributed by atoms with E-state index in [0.717, 1.165) is 4.90 Å². The fraction of sp³-hybridized carbons (Fsp3) is 0.750. The summed E-state index contributed by atoms with van der Waals surface area (Å²) < 4.78 is 59.9. The molecule has 4 nitrogen and oxygen atoms in total. The van der Waals surface area contributed by atoms with Gasteiger partial charge in [0.1, 0.15) is 0 Å². The van der Waals surface area contributed by atoms with Crippen molar-refractivity contribution in [1.82, 2.24) is 10.2 Å². The maximum absolute atomic E-state index is 12.4. The van der Waals surface area contributed by atoms with Crippen LogP contribution in [-0.2, 0) is 9.59 Å². The summed E-state index contributed by atoms with van der Waals surface area (Å²) in [4.78, 5) is 22.6. The van der Waals surface area contributed by atoms with Crippen LogP contribution in [0.2, 0.25) is 0 Å². The summed E-state index contributed by atoms with van der Waals surface area (Å²) in [6, 6.07) is 0. The van der Waals surface area contributed by atoms with E-state index in [1.807, 2.05) is 0 Å². The van der Waals surface area contributed by atoms with Crippen molar-refractivity contribution >= 4 is 11.8 Å². The zero-order valence-electron chi connectivity index (χ0n) is 9.07. The highest BCUT2D eigenvalue weighted by Gasteiger charge is 2.63. The van der Waals surface area contributed by atoms with Gasteiger partial charge in [0.2, 0.25) is 5.91 Å². The topological polar surface area (TPSA) is 49.4 Å². The number of rotatable bonds is 4. The van der Waals surface area contributed by atoms with Gasteiger partial charge >= 0.3 is 12.1 Å². The molecule has 0 radical (unpaired) electrons. The zero-order chi connectivity index (χ0) is 13.9. The lowest BCUT2D eigenvalue weighted by atomic mass is 10.3. The maximum atomic E-state index is 12.4. The van der Waals surface area contributed by atoms with Crippen molar-refractivity contribution in [2.24, 2.45) is 0 Å². The molecule has 0 saturated heterocycles. The lowest BCUT2D eigenvalue weighted by Gasteiger charge is -2.18. The average Bonchev–Trinajstić information content (AvgIpc) is 2.15. The highest BCUT2D eigenvalue weighted by atomic mass is 19.4. The van der Waals surface area contributed by atoms with E-state index in [9.17, 15) is 31.5 Å². The van der Waals surface area contributed by atoms with Crippen molar-refractivity contribution in [2.75, 3.05) is 20.6 Å². The quantitative estimate of drug-likeness (QED) is 0.761. The molecule has 0 fully saturated rings. The summed E-state index contributed by atoms with van der Waals surface area (Å²) in [5, 5.41) is 1.36. The highest BCUT2D eigenvalue weighted by Crippen LogP contribution is 2.35. The third kappa shape index (κ3) is 4.16. The van der Waals surface area contributed by atoms with Crippen LogP contribution in [0.4, 0.5) is 22.0 Å². The number of carbonyl (C=O) groups excluding carboxylic acids is 2. The summed E-state index contributed by atoms with van der Waals surface area (Å²) in [5.74, 6) is -8.41. The second-order valence-electron chi connectivity index (χ2n) is 3.37. The van der Waals surface area contributed by atoms with Crippen molar-refractivity contribution in [2.45, 2.75) is 18.5 Å². The van der Waals surface area contributed by atoms with Crippen molar-refractivity contribution in [3.8, 4) is 0 Å². The van der Waals surface area contributed by atoms with E-state index < -0.39 is 30.5 Å². The van der Waals surface area contributed by atoms with E-state index in [1.54, 1.807) is 0 Å². The number of amides is 2. The average molecular weight is 262 g/mol. The van der Waals surface area contributed by atoms with Crippen LogP contribution in [0, 0.1) is 0 Å². The monoisotopic (exact) mass is 262 g/mol. The SMILES string of the molecule is CN(C)C(=O)CCNC(=O)C(F)(F)C(F)(F)F. The van der Waals surface area contributed by atoms with Crippen LogP contribution in [0.15, 0.2) is 0 Å². The van der Waals surface area contributed by atoms with Crippen LogP contribution in [0.3, 0.4) is 0 Å². The van der Waals surface area contributed by atoms with Crippen LogP contribution in [0.5, 0.6) is 0 Å². The summed E-state index contributed by atoms with van der Waals surface area (Å²) >= 11 is 0. The molecule has 0 aliphatic rings. The molecule has 0 rings (SSSR count). The minimum Gasteiger partial charge on any atom is -0.350 e. The molecule has 0 aliphatic carbocycles. The Morgan fingerprint density at radius 1 is 1.12 bits per heavy atom. The summed E-state index contributed by atoms with van der Waals surface area (Å²) in [6.45, 7) is -0.582. The van der Waals surface area contributed by atoms with E-state index in [1.165, 1.54) is 19.4 Å². The zero-order valence-corrected chi connectivity index (χ0v) is 9.07. The number of carbonyl (C=O) groups is 2. The van der Waals surface area contributed by atoms with Gasteiger partial charge in [-0.1, -0.05) is 0 Å². The molecule has 2 amide bonds. The molecule has 9 heteroatoms. The van der Waals surface area contributed by atoms with Gasteiger partial charge in [0, 0.05) is 27.1 Å². The second kappa shape index (κ2) is 5.28. The Morgan fingerprint density at radius 3 is 1.94 bits per heavy atom. The first-order valence-electron chi connectivity index (χ1n) is 4.43. The van der Waals surface area contributed by atoms with Gasteiger partial charge in [0.25, 0.3) is 5.91 Å². The van der Waals surface area contributed by atoms with Crippen LogP contribution in [-0.4, -0.2) is 49.5 Å². The first-order chi connectivity index (χ1) is 7.50.